The zero-order chi connectivity index (χ0) is 8.53. The highest BCUT2D eigenvalue weighted by atomic mass is 35.5. The molecule has 1 unspecified atom stereocenters. The Labute approximate surface area is 78.0 Å². The first-order chi connectivity index (χ1) is 5.35. The molecule has 0 fully saturated rings. The lowest BCUT2D eigenvalue weighted by atomic mass is 10.1. The molecule has 0 rings (SSSR count). The van der Waals surface area contributed by atoms with Crippen LogP contribution in [0.4, 0.5) is 0 Å². The van der Waals surface area contributed by atoms with Gasteiger partial charge < -0.3 is 4.43 Å². The van der Waals surface area contributed by atoms with Gasteiger partial charge in [-0.25, -0.2) is 0 Å². The fourth-order valence-corrected chi connectivity index (χ4v) is 1.74. The molecular formula is C8H19ClOSi. The first-order valence-corrected chi connectivity index (χ1v) is 5.79. The summed E-state index contributed by atoms with van der Waals surface area (Å²) in [5.41, 5.74) is 0. The van der Waals surface area contributed by atoms with E-state index >= 15 is 0 Å². The smallest absolute Gasteiger partial charge is 0.146 e. The number of rotatable bonds is 7. The summed E-state index contributed by atoms with van der Waals surface area (Å²) in [7, 11) is 0.863. The van der Waals surface area contributed by atoms with Crippen LogP contribution in [-0.4, -0.2) is 22.5 Å². The predicted octanol–water partition coefficient (Wildman–Crippen LogP) is 1.86. The van der Waals surface area contributed by atoms with Gasteiger partial charge in [-0.1, -0.05) is 19.8 Å². The van der Waals surface area contributed by atoms with E-state index in [1.165, 1.54) is 19.3 Å². The fourth-order valence-electron chi connectivity index (χ4n) is 1.12. The van der Waals surface area contributed by atoms with Crippen LogP contribution in [0.25, 0.3) is 0 Å². The third kappa shape index (κ3) is 6.85. The standard InChI is InChI=1S/C8H19ClOSi/c1-2-3-5-8(10-11)6-4-7-9/h8H,2-7H2,1,11H3. The van der Waals surface area contributed by atoms with Crippen molar-refractivity contribution in [3.63, 3.8) is 0 Å². The normalized spacial score (nSPS) is 13.6. The van der Waals surface area contributed by atoms with E-state index in [4.69, 9.17) is 16.0 Å². The summed E-state index contributed by atoms with van der Waals surface area (Å²) in [6.07, 6.45) is 6.51. The van der Waals surface area contributed by atoms with Crippen molar-refractivity contribution in [2.45, 2.75) is 45.1 Å². The van der Waals surface area contributed by atoms with E-state index in [-0.39, 0.29) is 0 Å². The van der Waals surface area contributed by atoms with E-state index in [9.17, 15) is 0 Å². The number of hydrogen-bond acceptors (Lipinski definition) is 1. The van der Waals surface area contributed by atoms with Gasteiger partial charge in [-0.3, -0.25) is 0 Å². The molecule has 0 saturated carbocycles. The summed E-state index contributed by atoms with van der Waals surface area (Å²) >= 11 is 5.59. The van der Waals surface area contributed by atoms with Crippen molar-refractivity contribution in [3.8, 4) is 0 Å². The van der Waals surface area contributed by atoms with Crippen LogP contribution in [-0.2, 0) is 4.43 Å². The van der Waals surface area contributed by atoms with Gasteiger partial charge in [-0.05, 0) is 19.3 Å². The Bertz CT molecular complexity index is 72.5. The van der Waals surface area contributed by atoms with Crippen molar-refractivity contribution in [2.24, 2.45) is 0 Å². The first kappa shape index (κ1) is 11.5. The van der Waals surface area contributed by atoms with Crippen molar-refractivity contribution in [1.82, 2.24) is 0 Å². The Balaban J connectivity index is 3.25. The second-order valence-corrected chi connectivity index (χ2v) is 3.68. The minimum atomic E-state index is 0.500. The zero-order valence-electron chi connectivity index (χ0n) is 7.61. The third-order valence-electron chi connectivity index (χ3n) is 1.87. The van der Waals surface area contributed by atoms with Gasteiger partial charge in [0.1, 0.15) is 10.5 Å². The Morgan fingerprint density at radius 1 is 1.36 bits per heavy atom. The van der Waals surface area contributed by atoms with E-state index in [0.29, 0.717) is 6.10 Å². The summed E-state index contributed by atoms with van der Waals surface area (Å²) in [5.74, 6) is 0.771. The van der Waals surface area contributed by atoms with Gasteiger partial charge in [-0.15, -0.1) is 11.6 Å². The molecule has 0 aliphatic rings. The van der Waals surface area contributed by atoms with Crippen molar-refractivity contribution < 1.29 is 4.43 Å². The van der Waals surface area contributed by atoms with Crippen molar-refractivity contribution in [3.05, 3.63) is 0 Å². The maximum atomic E-state index is 5.59. The van der Waals surface area contributed by atoms with Gasteiger partial charge >= 0.3 is 0 Å². The van der Waals surface area contributed by atoms with Crippen LogP contribution in [0.15, 0.2) is 0 Å². The third-order valence-corrected chi connectivity index (χ3v) is 2.81. The first-order valence-electron chi connectivity index (χ1n) is 4.43. The van der Waals surface area contributed by atoms with Crippen LogP contribution in [0, 0.1) is 0 Å². The average Bonchev–Trinajstić information content (AvgIpc) is 2.05. The molecule has 0 bridgehead atoms. The van der Waals surface area contributed by atoms with Crippen LogP contribution < -0.4 is 0 Å². The predicted molar refractivity (Wildman–Crippen MR) is 54.3 cm³/mol. The monoisotopic (exact) mass is 194 g/mol. The highest BCUT2D eigenvalue weighted by Gasteiger charge is 2.04. The number of halogens is 1. The van der Waals surface area contributed by atoms with Crippen molar-refractivity contribution >= 4 is 22.1 Å². The van der Waals surface area contributed by atoms with E-state index in [2.05, 4.69) is 6.92 Å². The summed E-state index contributed by atoms with van der Waals surface area (Å²) in [6.45, 7) is 2.21. The maximum Gasteiger partial charge on any atom is 0.146 e. The van der Waals surface area contributed by atoms with Crippen LogP contribution >= 0.6 is 11.6 Å². The van der Waals surface area contributed by atoms with E-state index in [1.54, 1.807) is 0 Å². The molecule has 1 atom stereocenters. The highest BCUT2D eigenvalue weighted by molar-refractivity contribution is 6.17. The molecule has 0 N–H and O–H groups in total. The van der Waals surface area contributed by atoms with E-state index in [1.807, 2.05) is 0 Å². The SMILES string of the molecule is CCCCC(CCCCl)O[SiH3]. The molecule has 0 aromatic heterocycles. The lowest BCUT2D eigenvalue weighted by molar-refractivity contribution is 0.194. The molecular weight excluding hydrogens is 176 g/mol. The van der Waals surface area contributed by atoms with Crippen molar-refractivity contribution in [1.29, 1.82) is 0 Å². The second-order valence-electron chi connectivity index (χ2n) is 2.83. The molecule has 1 nitrogen and oxygen atoms in total. The maximum absolute atomic E-state index is 5.59. The molecule has 0 aromatic carbocycles. The second kappa shape index (κ2) is 8.56. The van der Waals surface area contributed by atoms with Gasteiger partial charge in [0.2, 0.25) is 0 Å². The molecule has 0 amide bonds. The topological polar surface area (TPSA) is 9.23 Å². The summed E-state index contributed by atoms with van der Waals surface area (Å²) in [4.78, 5) is 0. The largest absolute Gasteiger partial charge is 0.425 e. The Morgan fingerprint density at radius 3 is 2.45 bits per heavy atom. The molecule has 0 heterocycles. The number of alkyl halides is 1. The summed E-state index contributed by atoms with van der Waals surface area (Å²) in [6, 6.07) is 0. The highest BCUT2D eigenvalue weighted by Crippen LogP contribution is 2.09. The summed E-state index contributed by atoms with van der Waals surface area (Å²) in [5, 5.41) is 0. The molecule has 0 radical (unpaired) electrons. The van der Waals surface area contributed by atoms with Gasteiger partial charge in [0.15, 0.2) is 0 Å². The Hall–Kier alpha value is 0.467. The zero-order valence-corrected chi connectivity index (χ0v) is 10.4. The van der Waals surface area contributed by atoms with Crippen molar-refractivity contribution in [2.75, 3.05) is 5.88 Å². The fraction of sp³-hybridized carbons (Fsp3) is 1.00. The quantitative estimate of drug-likeness (QED) is 0.444. The van der Waals surface area contributed by atoms with Crippen LogP contribution in [0.1, 0.15) is 39.0 Å². The molecule has 0 aromatic rings. The minimum Gasteiger partial charge on any atom is -0.425 e. The van der Waals surface area contributed by atoms with E-state index in [0.717, 1.165) is 29.2 Å². The number of unbranched alkanes of at least 4 members (excludes halogenated alkanes) is 1. The summed E-state index contributed by atoms with van der Waals surface area (Å²) < 4.78 is 5.43. The van der Waals surface area contributed by atoms with Gasteiger partial charge in [0.05, 0.1) is 0 Å². The van der Waals surface area contributed by atoms with Gasteiger partial charge in [0.25, 0.3) is 0 Å². The molecule has 3 heteroatoms. The molecule has 11 heavy (non-hydrogen) atoms. The van der Waals surface area contributed by atoms with Crippen LogP contribution in [0.2, 0.25) is 0 Å². The Morgan fingerprint density at radius 2 is 2.00 bits per heavy atom. The molecule has 0 aliphatic heterocycles. The minimum absolute atomic E-state index is 0.500. The van der Waals surface area contributed by atoms with Crippen LogP contribution in [0.5, 0.6) is 0 Å². The lowest BCUT2D eigenvalue weighted by Crippen LogP contribution is -2.11. The Kier molecular flexibility index (Phi) is 8.93. The van der Waals surface area contributed by atoms with E-state index < -0.39 is 0 Å². The molecule has 0 saturated heterocycles. The molecule has 0 spiro atoms. The lowest BCUT2D eigenvalue weighted by Gasteiger charge is -2.14. The van der Waals surface area contributed by atoms with Crippen LogP contribution in [0.3, 0.4) is 0 Å². The van der Waals surface area contributed by atoms with Gasteiger partial charge in [0, 0.05) is 12.0 Å². The number of hydrogen-bond donors (Lipinski definition) is 0. The molecule has 0 aliphatic carbocycles. The average molecular weight is 195 g/mol. The van der Waals surface area contributed by atoms with Gasteiger partial charge in [-0.2, -0.15) is 0 Å². The molecule has 68 valence electrons.